The zero-order chi connectivity index (χ0) is 18.2. The maximum absolute atomic E-state index is 12.7. The molecule has 3 rings (SSSR count). The van der Waals surface area contributed by atoms with E-state index in [9.17, 15) is 9.59 Å². The van der Waals surface area contributed by atoms with E-state index in [2.05, 4.69) is 10.6 Å². The van der Waals surface area contributed by atoms with Crippen LogP contribution >= 0.6 is 34.8 Å². The summed E-state index contributed by atoms with van der Waals surface area (Å²) in [7, 11) is 0. The molecule has 0 bridgehead atoms. The average Bonchev–Trinajstić information content (AvgIpc) is 3.38. The zero-order valence-corrected chi connectivity index (χ0v) is 15.6. The fraction of sp³-hybridized carbons (Fsp3) is 0.222. The number of hydrogen-bond donors (Lipinski definition) is 2. The van der Waals surface area contributed by atoms with Crippen LogP contribution in [0.2, 0.25) is 15.1 Å². The van der Waals surface area contributed by atoms with E-state index < -0.39 is 11.3 Å². The number of anilines is 2. The first-order chi connectivity index (χ1) is 11.8. The van der Waals surface area contributed by atoms with Gasteiger partial charge in [-0.2, -0.15) is 0 Å². The van der Waals surface area contributed by atoms with Gasteiger partial charge < -0.3 is 10.6 Å². The van der Waals surface area contributed by atoms with Crippen molar-refractivity contribution in [3.8, 4) is 0 Å². The van der Waals surface area contributed by atoms with Gasteiger partial charge in [-0.3, -0.25) is 9.59 Å². The molecule has 0 atom stereocenters. The van der Waals surface area contributed by atoms with E-state index in [4.69, 9.17) is 34.8 Å². The van der Waals surface area contributed by atoms with Crippen LogP contribution in [0.25, 0.3) is 0 Å². The van der Waals surface area contributed by atoms with Gasteiger partial charge in [-0.15, -0.1) is 0 Å². The Morgan fingerprint density at radius 2 is 1.40 bits per heavy atom. The highest BCUT2D eigenvalue weighted by Crippen LogP contribution is 2.48. The van der Waals surface area contributed by atoms with Gasteiger partial charge in [0.25, 0.3) is 0 Å². The van der Waals surface area contributed by atoms with Crippen LogP contribution in [0.3, 0.4) is 0 Å². The normalized spacial score (nSPS) is 14.7. The Morgan fingerprint density at radius 1 is 0.880 bits per heavy atom. The fourth-order valence-electron chi connectivity index (χ4n) is 2.51. The number of amides is 2. The predicted molar refractivity (Wildman–Crippen MR) is 102 cm³/mol. The van der Waals surface area contributed by atoms with Crippen LogP contribution in [0.15, 0.2) is 36.4 Å². The number of nitrogens with one attached hydrogen (secondary N) is 2. The summed E-state index contributed by atoms with van der Waals surface area (Å²) in [6.07, 6.45) is 0.949. The molecule has 1 saturated carbocycles. The molecule has 1 aliphatic carbocycles. The molecule has 7 heteroatoms. The zero-order valence-electron chi connectivity index (χ0n) is 13.3. The lowest BCUT2D eigenvalue weighted by Crippen LogP contribution is -2.35. The lowest BCUT2D eigenvalue weighted by atomic mass is 10.0. The molecule has 2 N–H and O–H groups in total. The Balaban J connectivity index is 1.77. The minimum atomic E-state index is -1.10. The first kappa shape index (κ1) is 18.1. The second-order valence-electron chi connectivity index (χ2n) is 6.00. The van der Waals surface area contributed by atoms with Crippen molar-refractivity contribution in [1.82, 2.24) is 0 Å². The highest BCUT2D eigenvalue weighted by atomic mass is 35.5. The molecule has 0 saturated heterocycles. The van der Waals surface area contributed by atoms with Crippen molar-refractivity contribution in [3.63, 3.8) is 0 Å². The molecule has 2 amide bonds. The molecule has 0 radical (unpaired) electrons. The van der Waals surface area contributed by atoms with Crippen LogP contribution in [0.1, 0.15) is 18.4 Å². The topological polar surface area (TPSA) is 58.2 Å². The van der Waals surface area contributed by atoms with E-state index in [0.717, 1.165) is 5.56 Å². The molecule has 0 unspecified atom stereocenters. The van der Waals surface area contributed by atoms with Gasteiger partial charge in [0.15, 0.2) is 0 Å². The summed E-state index contributed by atoms with van der Waals surface area (Å²) in [6.45, 7) is 1.81. The fourth-order valence-corrected chi connectivity index (χ4v) is 3.03. The summed E-state index contributed by atoms with van der Waals surface area (Å²) < 4.78 is 0. The molecule has 0 aromatic heterocycles. The molecular weight excluding hydrogens is 383 g/mol. The standard InChI is InChI=1S/C18H15Cl3N2O2/c1-10-11(19)4-2-6-13(10)22-16(24)18(8-9-18)17(25)23-14-7-3-5-12(20)15(14)21/h2-7H,8-9H2,1H3,(H,22,24)(H,23,25). The molecule has 1 aliphatic rings. The summed E-state index contributed by atoms with van der Waals surface area (Å²) in [5.74, 6) is -0.748. The summed E-state index contributed by atoms with van der Waals surface area (Å²) >= 11 is 18.1. The summed E-state index contributed by atoms with van der Waals surface area (Å²) in [4.78, 5) is 25.3. The maximum Gasteiger partial charge on any atom is 0.240 e. The largest absolute Gasteiger partial charge is 0.325 e. The number of rotatable bonds is 4. The lowest BCUT2D eigenvalue weighted by molar-refractivity contribution is -0.131. The smallest absolute Gasteiger partial charge is 0.240 e. The Hall–Kier alpha value is -1.75. The molecule has 2 aromatic rings. The molecular formula is C18H15Cl3N2O2. The molecule has 130 valence electrons. The van der Waals surface area contributed by atoms with Gasteiger partial charge >= 0.3 is 0 Å². The third-order valence-corrected chi connectivity index (χ3v) is 5.56. The molecule has 4 nitrogen and oxygen atoms in total. The molecule has 0 heterocycles. The van der Waals surface area contributed by atoms with Crippen molar-refractivity contribution in [3.05, 3.63) is 57.0 Å². The van der Waals surface area contributed by atoms with Crippen molar-refractivity contribution in [2.75, 3.05) is 10.6 Å². The molecule has 1 fully saturated rings. The third-order valence-electron chi connectivity index (χ3n) is 4.33. The van der Waals surface area contributed by atoms with Crippen LogP contribution in [-0.2, 0) is 9.59 Å². The van der Waals surface area contributed by atoms with Crippen LogP contribution < -0.4 is 10.6 Å². The van der Waals surface area contributed by atoms with Crippen molar-refractivity contribution < 1.29 is 9.59 Å². The van der Waals surface area contributed by atoms with Gasteiger partial charge in [0.2, 0.25) is 11.8 Å². The molecule has 2 aromatic carbocycles. The van der Waals surface area contributed by atoms with Gasteiger partial charge in [-0.25, -0.2) is 0 Å². The summed E-state index contributed by atoms with van der Waals surface area (Å²) in [5, 5.41) is 6.65. The monoisotopic (exact) mass is 396 g/mol. The van der Waals surface area contributed by atoms with Crippen LogP contribution in [0.4, 0.5) is 11.4 Å². The lowest BCUT2D eigenvalue weighted by Gasteiger charge is -2.17. The van der Waals surface area contributed by atoms with Crippen LogP contribution in [-0.4, -0.2) is 11.8 Å². The van der Waals surface area contributed by atoms with Gasteiger partial charge in [0.1, 0.15) is 5.41 Å². The number of carbonyl (C=O) groups excluding carboxylic acids is 2. The molecule has 25 heavy (non-hydrogen) atoms. The Labute approximate surface area is 160 Å². The Morgan fingerprint density at radius 3 is 2.00 bits per heavy atom. The van der Waals surface area contributed by atoms with Crippen molar-refractivity contribution in [2.45, 2.75) is 19.8 Å². The van der Waals surface area contributed by atoms with Gasteiger partial charge in [-0.05, 0) is 49.6 Å². The van der Waals surface area contributed by atoms with Gasteiger partial charge in [0.05, 0.1) is 15.7 Å². The number of carbonyl (C=O) groups is 2. The molecule has 0 aliphatic heterocycles. The van der Waals surface area contributed by atoms with Crippen molar-refractivity contribution in [2.24, 2.45) is 5.41 Å². The third kappa shape index (κ3) is 3.47. The quantitative estimate of drug-likeness (QED) is 0.687. The second-order valence-corrected chi connectivity index (χ2v) is 7.20. The van der Waals surface area contributed by atoms with E-state index in [1.54, 1.807) is 36.4 Å². The van der Waals surface area contributed by atoms with E-state index >= 15 is 0 Å². The Bertz CT molecular complexity index is 796. The average molecular weight is 398 g/mol. The van der Waals surface area contributed by atoms with Crippen molar-refractivity contribution >= 4 is 58.0 Å². The minimum absolute atomic E-state index is 0.249. The minimum Gasteiger partial charge on any atom is -0.325 e. The maximum atomic E-state index is 12.7. The van der Waals surface area contributed by atoms with E-state index in [1.165, 1.54) is 0 Å². The number of benzene rings is 2. The van der Waals surface area contributed by atoms with Crippen LogP contribution in [0, 0.1) is 12.3 Å². The number of hydrogen-bond acceptors (Lipinski definition) is 2. The summed E-state index contributed by atoms with van der Waals surface area (Å²) in [5.41, 5.74) is 0.640. The predicted octanol–water partition coefficient (Wildman–Crippen LogP) is 5.31. The van der Waals surface area contributed by atoms with E-state index in [1.807, 2.05) is 6.92 Å². The number of halogens is 3. The molecule has 0 spiro atoms. The highest BCUT2D eigenvalue weighted by Gasteiger charge is 2.56. The van der Waals surface area contributed by atoms with E-state index in [-0.39, 0.29) is 10.9 Å². The SMILES string of the molecule is Cc1c(Cl)cccc1NC(=O)C1(C(=O)Nc2cccc(Cl)c2Cl)CC1. The van der Waals surface area contributed by atoms with E-state index in [0.29, 0.717) is 34.3 Å². The van der Waals surface area contributed by atoms with Gasteiger partial charge in [0, 0.05) is 10.7 Å². The summed E-state index contributed by atoms with van der Waals surface area (Å²) in [6, 6.07) is 10.2. The Kier molecular flexibility index (Phi) is 4.96. The first-order valence-electron chi connectivity index (χ1n) is 7.67. The van der Waals surface area contributed by atoms with Crippen LogP contribution in [0.5, 0.6) is 0 Å². The van der Waals surface area contributed by atoms with Crippen molar-refractivity contribution in [1.29, 1.82) is 0 Å². The second kappa shape index (κ2) is 6.87. The van der Waals surface area contributed by atoms with Gasteiger partial charge in [-0.1, -0.05) is 46.9 Å². The highest BCUT2D eigenvalue weighted by molar-refractivity contribution is 6.44. The first-order valence-corrected chi connectivity index (χ1v) is 8.80.